The standard InChI is InChI=1S/C20H17ClN4O3S/c1-22-19(26)17-18(11-4-6-12(21)7-5-11)29-20(24-17)25-10-23-13-8-15(27-2)16(28-3)9-14(13)25/h4-10H,1-3H3,(H,22,26). The zero-order chi connectivity index (χ0) is 20.5. The largest absolute Gasteiger partial charge is 0.493 e. The van der Waals surface area contributed by atoms with Gasteiger partial charge >= 0.3 is 0 Å². The summed E-state index contributed by atoms with van der Waals surface area (Å²) in [5.74, 6) is 0.918. The van der Waals surface area contributed by atoms with Crippen molar-refractivity contribution in [3.63, 3.8) is 0 Å². The predicted octanol–water partition coefficient (Wildman–Crippen LogP) is 4.18. The topological polar surface area (TPSA) is 78.3 Å². The molecule has 2 heterocycles. The van der Waals surface area contributed by atoms with Crippen LogP contribution in [0.25, 0.3) is 26.6 Å². The van der Waals surface area contributed by atoms with Crippen LogP contribution in [0.5, 0.6) is 11.5 Å². The van der Waals surface area contributed by atoms with Gasteiger partial charge in [-0.3, -0.25) is 9.36 Å². The minimum absolute atomic E-state index is 0.263. The molecule has 7 nitrogen and oxygen atoms in total. The van der Waals surface area contributed by atoms with Crippen molar-refractivity contribution in [3.8, 4) is 27.1 Å². The number of halogens is 1. The highest BCUT2D eigenvalue weighted by Gasteiger charge is 2.21. The van der Waals surface area contributed by atoms with E-state index in [4.69, 9.17) is 21.1 Å². The smallest absolute Gasteiger partial charge is 0.271 e. The first-order valence-corrected chi connectivity index (χ1v) is 9.83. The third kappa shape index (κ3) is 3.41. The molecule has 0 aliphatic carbocycles. The summed E-state index contributed by atoms with van der Waals surface area (Å²) in [7, 11) is 4.74. The first-order chi connectivity index (χ1) is 14.0. The number of benzene rings is 2. The number of hydrogen-bond donors (Lipinski definition) is 1. The van der Waals surface area contributed by atoms with Gasteiger partial charge in [0.1, 0.15) is 12.0 Å². The molecule has 0 atom stereocenters. The quantitative estimate of drug-likeness (QED) is 0.516. The van der Waals surface area contributed by atoms with Crippen molar-refractivity contribution in [2.24, 2.45) is 0 Å². The number of methoxy groups -OCH3 is 2. The Balaban J connectivity index is 1.89. The fourth-order valence-corrected chi connectivity index (χ4v) is 4.15. The van der Waals surface area contributed by atoms with Gasteiger partial charge in [0, 0.05) is 24.2 Å². The number of amides is 1. The summed E-state index contributed by atoms with van der Waals surface area (Å²) in [6.07, 6.45) is 1.67. The fraction of sp³-hybridized carbons (Fsp3) is 0.150. The first-order valence-electron chi connectivity index (χ1n) is 8.64. The van der Waals surface area contributed by atoms with Gasteiger partial charge in [-0.25, -0.2) is 9.97 Å². The lowest BCUT2D eigenvalue weighted by Gasteiger charge is -2.07. The predicted molar refractivity (Wildman–Crippen MR) is 114 cm³/mol. The van der Waals surface area contributed by atoms with E-state index < -0.39 is 0 Å². The number of nitrogens with zero attached hydrogens (tertiary/aromatic N) is 3. The van der Waals surface area contributed by atoms with Crippen molar-refractivity contribution >= 4 is 39.9 Å². The SMILES string of the molecule is CNC(=O)c1nc(-n2cnc3cc(OC)c(OC)cc32)sc1-c1ccc(Cl)cc1. The van der Waals surface area contributed by atoms with Gasteiger partial charge in [0.05, 0.1) is 30.1 Å². The number of carbonyl (C=O) groups excluding carboxylic acids is 1. The van der Waals surface area contributed by atoms with Crippen molar-refractivity contribution < 1.29 is 14.3 Å². The van der Waals surface area contributed by atoms with E-state index in [0.29, 0.717) is 27.3 Å². The van der Waals surface area contributed by atoms with Crippen molar-refractivity contribution in [3.05, 3.63) is 53.4 Å². The number of rotatable bonds is 5. The van der Waals surface area contributed by atoms with E-state index in [1.54, 1.807) is 45.8 Å². The second-order valence-corrected chi connectivity index (χ2v) is 7.48. The van der Waals surface area contributed by atoms with E-state index in [1.807, 2.05) is 22.8 Å². The number of aromatic nitrogens is 3. The van der Waals surface area contributed by atoms with Gasteiger partial charge in [0.2, 0.25) is 0 Å². The van der Waals surface area contributed by atoms with Crippen LogP contribution in [-0.2, 0) is 0 Å². The summed E-state index contributed by atoms with van der Waals surface area (Å²) in [6.45, 7) is 0. The monoisotopic (exact) mass is 428 g/mol. The number of hydrogen-bond acceptors (Lipinski definition) is 6. The minimum atomic E-state index is -0.263. The zero-order valence-corrected chi connectivity index (χ0v) is 17.5. The molecule has 0 radical (unpaired) electrons. The number of ether oxygens (including phenoxy) is 2. The molecule has 0 bridgehead atoms. The molecule has 29 heavy (non-hydrogen) atoms. The van der Waals surface area contributed by atoms with Gasteiger partial charge in [0.25, 0.3) is 5.91 Å². The van der Waals surface area contributed by atoms with Crippen LogP contribution < -0.4 is 14.8 Å². The first kappa shape index (κ1) is 19.2. The average molecular weight is 429 g/mol. The molecule has 2 aromatic heterocycles. The van der Waals surface area contributed by atoms with Crippen LogP contribution in [0, 0.1) is 0 Å². The van der Waals surface area contributed by atoms with Gasteiger partial charge in [-0.15, -0.1) is 0 Å². The molecule has 0 saturated carbocycles. The van der Waals surface area contributed by atoms with Gasteiger partial charge < -0.3 is 14.8 Å². The average Bonchev–Trinajstić information content (AvgIpc) is 3.36. The molecule has 0 saturated heterocycles. The molecule has 4 rings (SSSR count). The van der Waals surface area contributed by atoms with E-state index in [-0.39, 0.29) is 5.91 Å². The Bertz CT molecular complexity index is 1200. The van der Waals surface area contributed by atoms with Crippen LogP contribution in [0.1, 0.15) is 10.5 Å². The van der Waals surface area contributed by atoms with Crippen LogP contribution in [-0.4, -0.2) is 41.7 Å². The summed E-state index contributed by atoms with van der Waals surface area (Å²) in [5.41, 5.74) is 2.73. The van der Waals surface area contributed by atoms with Crippen molar-refractivity contribution in [1.29, 1.82) is 0 Å². The molecule has 0 fully saturated rings. The van der Waals surface area contributed by atoms with E-state index in [1.165, 1.54) is 11.3 Å². The molecular weight excluding hydrogens is 412 g/mol. The molecule has 0 aliphatic rings. The van der Waals surface area contributed by atoms with Crippen LogP contribution >= 0.6 is 22.9 Å². The number of thiazole rings is 1. The van der Waals surface area contributed by atoms with Crippen molar-refractivity contribution in [1.82, 2.24) is 19.9 Å². The molecule has 2 aromatic carbocycles. The summed E-state index contributed by atoms with van der Waals surface area (Å²) in [4.78, 5) is 22.2. The molecule has 0 unspecified atom stereocenters. The second-order valence-electron chi connectivity index (χ2n) is 6.07. The van der Waals surface area contributed by atoms with Gasteiger partial charge in [-0.2, -0.15) is 0 Å². The third-order valence-corrected chi connectivity index (χ3v) is 5.78. The Morgan fingerprint density at radius 2 is 1.83 bits per heavy atom. The molecule has 0 spiro atoms. The summed E-state index contributed by atoms with van der Waals surface area (Å²) < 4.78 is 12.6. The maximum absolute atomic E-state index is 12.5. The lowest BCUT2D eigenvalue weighted by atomic mass is 10.1. The lowest BCUT2D eigenvalue weighted by molar-refractivity contribution is 0.0959. The summed E-state index contributed by atoms with van der Waals surface area (Å²) in [5, 5.41) is 3.89. The second kappa shape index (κ2) is 7.73. The van der Waals surface area contributed by atoms with E-state index in [0.717, 1.165) is 21.5 Å². The molecule has 148 valence electrons. The van der Waals surface area contributed by atoms with Crippen LogP contribution in [0.2, 0.25) is 5.02 Å². The van der Waals surface area contributed by atoms with Crippen molar-refractivity contribution in [2.45, 2.75) is 0 Å². The third-order valence-electron chi connectivity index (χ3n) is 4.42. The van der Waals surface area contributed by atoms with Gasteiger partial charge in [-0.1, -0.05) is 35.1 Å². The molecule has 9 heteroatoms. The Morgan fingerprint density at radius 3 is 2.48 bits per heavy atom. The van der Waals surface area contributed by atoms with Crippen LogP contribution in [0.4, 0.5) is 0 Å². The fourth-order valence-electron chi connectivity index (χ4n) is 2.97. The molecular formula is C20H17ClN4O3S. The maximum Gasteiger partial charge on any atom is 0.271 e. The Kier molecular flexibility index (Phi) is 5.12. The normalized spacial score (nSPS) is 10.9. The number of imidazole rings is 1. The maximum atomic E-state index is 12.5. The number of nitrogens with one attached hydrogen (secondary N) is 1. The highest BCUT2D eigenvalue weighted by Crippen LogP contribution is 2.36. The number of carbonyl (C=O) groups is 1. The lowest BCUT2D eigenvalue weighted by Crippen LogP contribution is -2.19. The highest BCUT2D eigenvalue weighted by atomic mass is 35.5. The van der Waals surface area contributed by atoms with Gasteiger partial charge in [-0.05, 0) is 17.7 Å². The Morgan fingerprint density at radius 1 is 1.14 bits per heavy atom. The molecule has 4 aromatic rings. The minimum Gasteiger partial charge on any atom is -0.493 e. The number of fused-ring (bicyclic) bond motifs is 1. The molecule has 0 aliphatic heterocycles. The molecule has 1 amide bonds. The summed E-state index contributed by atoms with van der Waals surface area (Å²) >= 11 is 7.40. The summed E-state index contributed by atoms with van der Waals surface area (Å²) in [6, 6.07) is 10.9. The Labute approximate surface area is 175 Å². The Hall–Kier alpha value is -3.10. The van der Waals surface area contributed by atoms with E-state index in [2.05, 4.69) is 15.3 Å². The van der Waals surface area contributed by atoms with E-state index in [9.17, 15) is 4.79 Å². The highest BCUT2D eigenvalue weighted by molar-refractivity contribution is 7.17. The zero-order valence-electron chi connectivity index (χ0n) is 15.9. The van der Waals surface area contributed by atoms with Gasteiger partial charge in [0.15, 0.2) is 16.6 Å². The van der Waals surface area contributed by atoms with Crippen molar-refractivity contribution in [2.75, 3.05) is 21.3 Å². The van der Waals surface area contributed by atoms with Crippen LogP contribution in [0.3, 0.4) is 0 Å². The molecule has 1 N–H and O–H groups in total. The van der Waals surface area contributed by atoms with E-state index >= 15 is 0 Å². The van der Waals surface area contributed by atoms with Crippen LogP contribution in [0.15, 0.2) is 42.7 Å².